The number of halogens is 1. The van der Waals surface area contributed by atoms with Crippen molar-refractivity contribution in [3.8, 4) is 0 Å². The Morgan fingerprint density at radius 3 is 2.50 bits per heavy atom. The molecule has 1 N–H and O–H groups in total. The summed E-state index contributed by atoms with van der Waals surface area (Å²) in [6, 6.07) is 0. The molecular formula is C3H8ClO2PS. The Labute approximate surface area is 58.8 Å². The van der Waals surface area contributed by atoms with Crippen LogP contribution < -0.4 is 0 Å². The second-order valence-corrected chi connectivity index (χ2v) is 5.91. The van der Waals surface area contributed by atoms with Crippen molar-refractivity contribution in [1.82, 2.24) is 0 Å². The Balaban J connectivity index is 3.26. The van der Waals surface area contributed by atoms with Crippen LogP contribution in [-0.4, -0.2) is 11.5 Å². The molecule has 0 heterocycles. The van der Waals surface area contributed by atoms with E-state index in [-0.39, 0.29) is 0 Å². The summed E-state index contributed by atoms with van der Waals surface area (Å²) in [5.41, 5.74) is 0. The second-order valence-electron chi connectivity index (χ2n) is 1.28. The third-order valence-electron chi connectivity index (χ3n) is 0.455. The first kappa shape index (κ1) is 8.86. The van der Waals surface area contributed by atoms with Gasteiger partial charge in [0, 0.05) is 0 Å². The maximum absolute atomic E-state index is 8.62. The third kappa shape index (κ3) is 6.86. The van der Waals surface area contributed by atoms with Crippen LogP contribution in [-0.2, 0) is 16.3 Å². The van der Waals surface area contributed by atoms with Crippen molar-refractivity contribution in [2.75, 3.05) is 6.61 Å². The van der Waals surface area contributed by atoms with E-state index >= 15 is 0 Å². The van der Waals surface area contributed by atoms with Crippen molar-refractivity contribution in [3.05, 3.63) is 0 Å². The molecule has 0 rings (SSSR count). The molecule has 2 nitrogen and oxygen atoms in total. The largest absolute Gasteiger partial charge is 0.334 e. The average Bonchev–Trinajstić information content (AvgIpc) is 1.59. The Hall–Kier alpha value is 0.860. The summed E-state index contributed by atoms with van der Waals surface area (Å²) in [5, 5.41) is 0. The first-order chi connectivity index (χ1) is 3.56. The lowest BCUT2D eigenvalue weighted by molar-refractivity contribution is 0.319. The summed E-state index contributed by atoms with van der Waals surface area (Å²) in [6.45, 7) is 2.36. The topological polar surface area (TPSA) is 29.5 Å². The molecule has 0 aliphatic carbocycles. The van der Waals surface area contributed by atoms with Gasteiger partial charge in [-0.2, -0.15) is 0 Å². The van der Waals surface area contributed by atoms with Crippen molar-refractivity contribution in [1.29, 1.82) is 0 Å². The van der Waals surface area contributed by atoms with Crippen LogP contribution in [0.1, 0.15) is 13.3 Å². The molecule has 8 heavy (non-hydrogen) atoms. The smallest absolute Gasteiger partial charge is 0.279 e. The maximum Gasteiger partial charge on any atom is 0.279 e. The van der Waals surface area contributed by atoms with Gasteiger partial charge in [-0.15, -0.1) is 0 Å². The zero-order valence-corrected chi connectivity index (χ0v) is 6.97. The SMILES string of the molecule is CCCOP(O)(=S)Cl. The highest BCUT2D eigenvalue weighted by atomic mass is 35.7. The fraction of sp³-hybridized carbons (Fsp3) is 1.00. The molecule has 0 aromatic carbocycles. The summed E-state index contributed by atoms with van der Waals surface area (Å²) in [6.07, 6.45) is 0.825. The van der Waals surface area contributed by atoms with E-state index in [0.717, 1.165) is 6.42 Å². The van der Waals surface area contributed by atoms with Crippen molar-refractivity contribution < 1.29 is 9.42 Å². The molecule has 0 saturated heterocycles. The van der Waals surface area contributed by atoms with Crippen LogP contribution in [0.15, 0.2) is 0 Å². The minimum absolute atomic E-state index is 0.442. The van der Waals surface area contributed by atoms with E-state index in [2.05, 4.69) is 16.3 Å². The van der Waals surface area contributed by atoms with Gasteiger partial charge in [-0.05, 0) is 29.5 Å². The molecule has 0 aliphatic heterocycles. The van der Waals surface area contributed by atoms with E-state index in [1.807, 2.05) is 6.92 Å². The summed E-state index contributed by atoms with van der Waals surface area (Å²) in [4.78, 5) is 8.62. The van der Waals surface area contributed by atoms with E-state index in [1.165, 1.54) is 0 Å². The van der Waals surface area contributed by atoms with Crippen LogP contribution in [0.3, 0.4) is 0 Å². The van der Waals surface area contributed by atoms with Crippen molar-refractivity contribution in [2.45, 2.75) is 13.3 Å². The molecule has 0 amide bonds. The fourth-order valence-electron chi connectivity index (χ4n) is 0.204. The molecule has 0 fully saturated rings. The van der Waals surface area contributed by atoms with Gasteiger partial charge in [-0.3, -0.25) is 0 Å². The van der Waals surface area contributed by atoms with Gasteiger partial charge < -0.3 is 9.42 Å². The van der Waals surface area contributed by atoms with Gasteiger partial charge >= 0.3 is 0 Å². The van der Waals surface area contributed by atoms with Crippen LogP contribution in [0.4, 0.5) is 0 Å². The molecule has 0 aromatic heterocycles. The minimum atomic E-state index is -2.88. The van der Waals surface area contributed by atoms with Crippen LogP contribution in [0.2, 0.25) is 0 Å². The van der Waals surface area contributed by atoms with E-state index in [9.17, 15) is 0 Å². The van der Waals surface area contributed by atoms with Gasteiger partial charge in [0.1, 0.15) is 0 Å². The van der Waals surface area contributed by atoms with E-state index in [0.29, 0.717) is 6.61 Å². The molecule has 0 aliphatic rings. The molecule has 0 bridgehead atoms. The lowest BCUT2D eigenvalue weighted by Gasteiger charge is -2.04. The van der Waals surface area contributed by atoms with E-state index < -0.39 is 5.84 Å². The van der Waals surface area contributed by atoms with Gasteiger partial charge in [0.05, 0.1) is 6.61 Å². The molecule has 5 heteroatoms. The molecule has 0 spiro atoms. The summed E-state index contributed by atoms with van der Waals surface area (Å²) < 4.78 is 4.63. The standard InChI is InChI=1S/C3H8ClO2PS/c1-2-3-6-7(4,5)8/h2-3H2,1H3,(H,5,8). The van der Waals surface area contributed by atoms with Gasteiger partial charge in [-0.25, -0.2) is 0 Å². The average molecular weight is 175 g/mol. The lowest BCUT2D eigenvalue weighted by Crippen LogP contribution is -1.84. The molecular weight excluding hydrogens is 167 g/mol. The second kappa shape index (κ2) is 3.80. The molecule has 1 atom stereocenters. The van der Waals surface area contributed by atoms with Crippen LogP contribution in [0, 0.1) is 0 Å². The number of hydrogen-bond acceptors (Lipinski definition) is 2. The predicted octanol–water partition coefficient (Wildman–Crippen LogP) is 1.87. The summed E-state index contributed by atoms with van der Waals surface area (Å²) in [7, 11) is 0. The van der Waals surface area contributed by atoms with Gasteiger partial charge in [0.2, 0.25) is 0 Å². The van der Waals surface area contributed by atoms with Crippen molar-refractivity contribution in [2.24, 2.45) is 0 Å². The highest BCUT2D eigenvalue weighted by Gasteiger charge is 2.04. The highest BCUT2D eigenvalue weighted by molar-refractivity contribution is 8.21. The highest BCUT2D eigenvalue weighted by Crippen LogP contribution is 2.47. The van der Waals surface area contributed by atoms with E-state index in [4.69, 9.17) is 16.1 Å². The molecule has 0 radical (unpaired) electrons. The van der Waals surface area contributed by atoms with Crippen molar-refractivity contribution in [3.63, 3.8) is 0 Å². The quantitative estimate of drug-likeness (QED) is 0.663. The van der Waals surface area contributed by atoms with Gasteiger partial charge in [-0.1, -0.05) is 6.92 Å². The summed E-state index contributed by atoms with van der Waals surface area (Å²) in [5.74, 6) is -2.88. The first-order valence-corrected chi connectivity index (χ1v) is 5.81. The predicted molar refractivity (Wildman–Crippen MR) is 38.6 cm³/mol. The monoisotopic (exact) mass is 174 g/mol. The van der Waals surface area contributed by atoms with Crippen LogP contribution >= 0.6 is 17.1 Å². The van der Waals surface area contributed by atoms with E-state index in [1.54, 1.807) is 0 Å². The Morgan fingerprint density at radius 2 is 2.38 bits per heavy atom. The fourth-order valence-corrected chi connectivity index (χ4v) is 1.04. The maximum atomic E-state index is 8.62. The zero-order chi connectivity index (χ0) is 6.62. The summed E-state index contributed by atoms with van der Waals surface area (Å²) >= 11 is 9.53. The molecule has 0 saturated carbocycles. The molecule has 50 valence electrons. The first-order valence-electron chi connectivity index (χ1n) is 2.23. The number of hydrogen-bond donors (Lipinski definition) is 1. The minimum Gasteiger partial charge on any atom is -0.334 e. The van der Waals surface area contributed by atoms with Gasteiger partial charge in [0.15, 0.2) is 0 Å². The Bertz CT molecular complexity index is 101. The van der Waals surface area contributed by atoms with Crippen LogP contribution in [0.5, 0.6) is 0 Å². The molecule has 1 unspecified atom stereocenters. The lowest BCUT2D eigenvalue weighted by atomic mass is 10.5. The Kier molecular flexibility index (Phi) is 4.21. The number of rotatable bonds is 3. The normalized spacial score (nSPS) is 17.9. The van der Waals surface area contributed by atoms with Crippen LogP contribution in [0.25, 0.3) is 0 Å². The Morgan fingerprint density at radius 1 is 1.88 bits per heavy atom. The van der Waals surface area contributed by atoms with Crippen molar-refractivity contribution >= 4 is 28.9 Å². The van der Waals surface area contributed by atoms with Gasteiger partial charge in [0.25, 0.3) is 5.84 Å². The molecule has 0 aromatic rings. The third-order valence-corrected chi connectivity index (χ3v) is 1.56. The zero-order valence-electron chi connectivity index (χ0n) is 4.50.